The summed E-state index contributed by atoms with van der Waals surface area (Å²) in [7, 11) is -4.88. The number of aryl methyl sites for hydroxylation is 1. The van der Waals surface area contributed by atoms with E-state index in [0.29, 0.717) is 17.2 Å². The van der Waals surface area contributed by atoms with Gasteiger partial charge in [0.15, 0.2) is 7.14 Å². The molecule has 4 nitrogen and oxygen atoms in total. The number of hydrogen-bond acceptors (Lipinski definition) is 3. The molecular weight excluding hydrogens is 446 g/mol. The monoisotopic (exact) mass is 468 g/mol. The van der Waals surface area contributed by atoms with Crippen LogP contribution in [0.5, 0.6) is 0 Å². The van der Waals surface area contributed by atoms with Gasteiger partial charge in [-0.05, 0) is 37.2 Å². The van der Waals surface area contributed by atoms with E-state index in [-0.39, 0.29) is 11.2 Å². The Morgan fingerprint density at radius 3 is 1.87 bits per heavy atom. The van der Waals surface area contributed by atoms with E-state index in [2.05, 4.69) is 0 Å². The molecule has 0 saturated heterocycles. The second kappa shape index (κ2) is 9.01. The molecule has 158 valence electrons. The third kappa shape index (κ3) is 3.96. The van der Waals surface area contributed by atoms with Gasteiger partial charge in [-0.25, -0.2) is 0 Å². The summed E-state index contributed by atoms with van der Waals surface area (Å²) in [4.78, 5) is 13.6. The van der Waals surface area contributed by atoms with Gasteiger partial charge in [-0.3, -0.25) is 14.1 Å². The van der Waals surface area contributed by atoms with Crippen molar-refractivity contribution < 1.29 is 9.36 Å². The predicted octanol–water partition coefficient (Wildman–Crippen LogP) is 5.98. The third-order valence-corrected chi connectivity index (χ3v) is 10.9. The number of benzene rings is 3. The van der Waals surface area contributed by atoms with Gasteiger partial charge >= 0.3 is 0 Å². The number of carbonyl (C=O) groups is 1. The summed E-state index contributed by atoms with van der Waals surface area (Å²) in [6.45, 7) is 4.34. The van der Waals surface area contributed by atoms with Crippen molar-refractivity contribution in [3.05, 3.63) is 102 Å². The number of hydrogen-bond donors (Lipinski definition) is 0. The number of likely N-dealkylation sites (N-methyl/N-ethyl adjacent to an activating group) is 1. The number of anilines is 1. The minimum atomic E-state index is -3.42. The summed E-state index contributed by atoms with van der Waals surface area (Å²) >= 11 is 6.79. The van der Waals surface area contributed by atoms with Gasteiger partial charge in [0, 0.05) is 29.0 Å². The van der Waals surface area contributed by atoms with Crippen LogP contribution in [0.15, 0.2) is 96.4 Å². The Morgan fingerprint density at radius 1 is 0.871 bits per heavy atom. The van der Waals surface area contributed by atoms with Gasteiger partial charge in [0.1, 0.15) is 5.31 Å². The lowest BCUT2D eigenvalue weighted by atomic mass is 10.2. The first-order valence-electron chi connectivity index (χ1n) is 10.0. The maximum atomic E-state index is 14.8. The fraction of sp³-hybridized carbons (Fsp3) is 0.125. The van der Waals surface area contributed by atoms with E-state index in [1.165, 1.54) is 0 Å². The number of amides is 1. The topological polar surface area (TPSA) is 40.6 Å². The zero-order valence-electron chi connectivity index (χ0n) is 17.4. The van der Waals surface area contributed by atoms with Gasteiger partial charge in [-0.15, -0.1) is 0 Å². The molecule has 1 aliphatic heterocycles. The lowest BCUT2D eigenvalue weighted by molar-refractivity contribution is -0.121. The van der Waals surface area contributed by atoms with Gasteiger partial charge in [-0.1, -0.05) is 78.4 Å². The van der Waals surface area contributed by atoms with Crippen molar-refractivity contribution >= 4 is 48.2 Å². The highest BCUT2D eigenvalue weighted by molar-refractivity contribution is 7.86. The van der Waals surface area contributed by atoms with E-state index >= 15 is 0 Å². The molecule has 1 amide bonds. The summed E-state index contributed by atoms with van der Waals surface area (Å²) < 4.78 is 18.3. The molecule has 0 spiro atoms. The van der Waals surface area contributed by atoms with Crippen LogP contribution in [0.3, 0.4) is 0 Å². The fourth-order valence-corrected chi connectivity index (χ4v) is 8.64. The first-order chi connectivity index (χ1) is 15.0. The summed E-state index contributed by atoms with van der Waals surface area (Å²) in [6.07, 6.45) is 1.71. The lowest BCUT2D eigenvalue weighted by Crippen LogP contribution is -2.37. The molecule has 3 aromatic carbocycles. The van der Waals surface area contributed by atoms with Crippen molar-refractivity contribution in [2.24, 2.45) is 0 Å². The lowest BCUT2D eigenvalue weighted by Gasteiger charge is -2.40. The Morgan fingerprint density at radius 2 is 1.39 bits per heavy atom. The maximum Gasteiger partial charge on any atom is 0.264 e. The Hall–Kier alpha value is -2.38. The summed E-state index contributed by atoms with van der Waals surface area (Å²) in [5.74, 6) is -0.275. The molecule has 31 heavy (non-hydrogen) atoms. The maximum absolute atomic E-state index is 14.8. The Labute approximate surface area is 189 Å². The molecule has 0 saturated carbocycles. The molecule has 0 aromatic heterocycles. The molecule has 1 atom stereocenters. The number of nitrogens with zero attached hydrogens (tertiary/aromatic N) is 2. The first-order valence-corrected chi connectivity index (χ1v) is 13.9. The Bertz CT molecular complexity index is 1110. The molecule has 1 heterocycles. The predicted molar refractivity (Wildman–Crippen MR) is 132 cm³/mol. The molecule has 7 heteroatoms. The van der Waals surface area contributed by atoms with Crippen molar-refractivity contribution in [2.75, 3.05) is 11.2 Å². The number of halogens is 1. The zero-order valence-corrected chi connectivity index (χ0v) is 19.9. The standard InChI is InChI=1S/C24H23ClN2O2P2/c1-3-26-24(28)23(18-27(30(26)25)20-16-14-19(2)15-17-20)31(29,21-10-6-4-7-11-21)22-12-8-5-9-13-22/h4-18H,3H2,1-2H3. The minimum Gasteiger partial charge on any atom is -0.308 e. The van der Waals surface area contributed by atoms with Crippen molar-refractivity contribution in [1.82, 2.24) is 4.67 Å². The number of carbonyl (C=O) groups excluding carboxylic acids is 1. The van der Waals surface area contributed by atoms with Crippen LogP contribution in [0.1, 0.15) is 12.5 Å². The molecule has 0 aliphatic carbocycles. The molecule has 3 aromatic rings. The van der Waals surface area contributed by atoms with Gasteiger partial charge in [0.25, 0.3) is 5.91 Å². The van der Waals surface area contributed by atoms with Gasteiger partial charge in [-0.2, -0.15) is 0 Å². The normalized spacial score (nSPS) is 16.9. The summed E-state index contributed by atoms with van der Waals surface area (Å²) in [5, 5.41) is 1.52. The van der Waals surface area contributed by atoms with Gasteiger partial charge in [0.05, 0.1) is 0 Å². The average molecular weight is 469 g/mol. The molecule has 1 unspecified atom stereocenters. The molecule has 0 fully saturated rings. The van der Waals surface area contributed by atoms with Crippen LogP contribution in [0.4, 0.5) is 5.69 Å². The summed E-state index contributed by atoms with van der Waals surface area (Å²) in [6, 6.07) is 26.4. The quantitative estimate of drug-likeness (QED) is 0.432. The average Bonchev–Trinajstić information content (AvgIpc) is 2.81. The summed E-state index contributed by atoms with van der Waals surface area (Å²) in [5.41, 5.74) is 1.99. The highest BCUT2D eigenvalue weighted by Gasteiger charge is 2.44. The molecule has 0 radical (unpaired) electrons. The Kier molecular flexibility index (Phi) is 6.34. The van der Waals surface area contributed by atoms with Crippen LogP contribution in [0.2, 0.25) is 0 Å². The van der Waals surface area contributed by atoms with Crippen LogP contribution in [-0.2, 0) is 9.36 Å². The van der Waals surface area contributed by atoms with Crippen molar-refractivity contribution in [3.63, 3.8) is 0 Å². The fourth-order valence-electron chi connectivity index (χ4n) is 3.59. The Balaban J connectivity index is 1.96. The van der Waals surface area contributed by atoms with Crippen LogP contribution in [0, 0.1) is 6.92 Å². The van der Waals surface area contributed by atoms with Crippen LogP contribution in [0.25, 0.3) is 0 Å². The molecule has 0 N–H and O–H groups in total. The SMILES string of the molecule is CCN1C(=O)C(P(=O)(c2ccccc2)c2ccccc2)=CN(c2ccc(C)cc2)P1Cl. The van der Waals surface area contributed by atoms with E-state index in [0.717, 1.165) is 11.3 Å². The highest BCUT2D eigenvalue weighted by Crippen LogP contribution is 2.61. The highest BCUT2D eigenvalue weighted by atomic mass is 35.7. The molecular formula is C24H23ClN2O2P2. The van der Waals surface area contributed by atoms with Crippen molar-refractivity contribution in [3.8, 4) is 0 Å². The number of rotatable bonds is 5. The second-order valence-corrected chi connectivity index (χ2v) is 12.3. The zero-order chi connectivity index (χ0) is 22.0. The molecule has 1 aliphatic rings. The third-order valence-electron chi connectivity index (χ3n) is 5.25. The van der Waals surface area contributed by atoms with Crippen molar-refractivity contribution in [2.45, 2.75) is 13.8 Å². The largest absolute Gasteiger partial charge is 0.308 e. The van der Waals surface area contributed by atoms with Crippen LogP contribution >= 0.6 is 26.0 Å². The smallest absolute Gasteiger partial charge is 0.264 e. The first kappa shape index (κ1) is 21.8. The minimum absolute atomic E-state index is 0.270. The molecule has 0 bridgehead atoms. The second-order valence-electron chi connectivity index (χ2n) is 7.24. The van der Waals surface area contributed by atoms with Crippen LogP contribution in [-0.4, -0.2) is 17.1 Å². The van der Waals surface area contributed by atoms with E-state index in [9.17, 15) is 9.36 Å². The van der Waals surface area contributed by atoms with Crippen molar-refractivity contribution in [1.29, 1.82) is 0 Å². The van der Waals surface area contributed by atoms with Gasteiger partial charge < -0.3 is 4.57 Å². The van der Waals surface area contributed by atoms with Crippen LogP contribution < -0.4 is 15.3 Å². The van der Waals surface area contributed by atoms with Gasteiger partial charge in [0.2, 0.25) is 7.58 Å². The van der Waals surface area contributed by atoms with E-state index in [1.54, 1.807) is 10.9 Å². The van der Waals surface area contributed by atoms with E-state index in [1.807, 2.05) is 103 Å². The molecule has 4 rings (SSSR count). The van der Waals surface area contributed by atoms with E-state index in [4.69, 9.17) is 11.2 Å². The van der Waals surface area contributed by atoms with E-state index < -0.39 is 14.7 Å².